The molecular formula is C14H19INO2+. The second kappa shape index (κ2) is 6.02. The molecule has 18 heavy (non-hydrogen) atoms. The molecule has 0 spiro atoms. The van der Waals surface area contributed by atoms with Crippen LogP contribution in [0.25, 0.3) is 0 Å². The molecule has 0 bridgehead atoms. The average molecular weight is 360 g/mol. The maximum Gasteiger partial charge on any atom is 0.319 e. The highest BCUT2D eigenvalue weighted by Crippen LogP contribution is 2.31. The van der Waals surface area contributed by atoms with Gasteiger partial charge in [-0.05, 0) is 6.92 Å². The number of ether oxygens (including phenoxy) is 1. The minimum Gasteiger partial charge on any atom is -0.447 e. The standard InChI is InChI=1S/C14H18INO2/c1-11(15)13(17)18-14(8-5-9-16-10-14)12-6-3-2-4-7-12/h2-4,6-7,11,16H,5,8-10H2,1H3/p+1. The van der Waals surface area contributed by atoms with E-state index in [1.54, 1.807) is 0 Å². The molecule has 2 atom stereocenters. The number of rotatable bonds is 3. The molecule has 98 valence electrons. The average Bonchev–Trinajstić information content (AvgIpc) is 2.40. The molecule has 1 saturated heterocycles. The molecule has 1 aliphatic heterocycles. The number of nitrogens with two attached hydrogens (primary N) is 1. The highest BCUT2D eigenvalue weighted by molar-refractivity contribution is 14.1. The molecular weight excluding hydrogens is 341 g/mol. The number of benzene rings is 1. The van der Waals surface area contributed by atoms with E-state index >= 15 is 0 Å². The number of alkyl halides is 1. The summed E-state index contributed by atoms with van der Waals surface area (Å²) in [4.78, 5) is 11.9. The second-order valence-corrected chi connectivity index (χ2v) is 6.65. The zero-order valence-electron chi connectivity index (χ0n) is 10.6. The minimum atomic E-state index is -0.434. The molecule has 4 heteroatoms. The van der Waals surface area contributed by atoms with Crippen LogP contribution in [0.4, 0.5) is 0 Å². The van der Waals surface area contributed by atoms with Crippen LogP contribution in [0.1, 0.15) is 25.3 Å². The van der Waals surface area contributed by atoms with E-state index in [-0.39, 0.29) is 9.89 Å². The molecule has 1 heterocycles. The van der Waals surface area contributed by atoms with Crippen molar-refractivity contribution in [2.75, 3.05) is 13.1 Å². The molecule has 2 rings (SSSR count). The summed E-state index contributed by atoms with van der Waals surface area (Å²) in [6.45, 7) is 3.81. The van der Waals surface area contributed by atoms with Crippen LogP contribution in [0, 0.1) is 0 Å². The molecule has 1 fully saturated rings. The Kier molecular flexibility index (Phi) is 4.61. The number of esters is 1. The van der Waals surface area contributed by atoms with Gasteiger partial charge in [0.1, 0.15) is 10.5 Å². The fourth-order valence-corrected chi connectivity index (χ4v) is 2.53. The van der Waals surface area contributed by atoms with Crippen LogP contribution in [0.2, 0.25) is 0 Å². The molecule has 0 aromatic heterocycles. The van der Waals surface area contributed by atoms with Gasteiger partial charge in [-0.2, -0.15) is 0 Å². The van der Waals surface area contributed by atoms with Crippen LogP contribution in [0.5, 0.6) is 0 Å². The van der Waals surface area contributed by atoms with Gasteiger partial charge >= 0.3 is 5.97 Å². The Morgan fingerprint density at radius 2 is 2.17 bits per heavy atom. The van der Waals surface area contributed by atoms with Gasteiger partial charge < -0.3 is 10.1 Å². The van der Waals surface area contributed by atoms with Gasteiger partial charge in [-0.3, -0.25) is 4.79 Å². The van der Waals surface area contributed by atoms with Crippen LogP contribution < -0.4 is 5.32 Å². The van der Waals surface area contributed by atoms with Crippen molar-refractivity contribution in [3.05, 3.63) is 35.9 Å². The molecule has 0 saturated carbocycles. The number of carbonyl (C=O) groups excluding carboxylic acids is 1. The van der Waals surface area contributed by atoms with Crippen molar-refractivity contribution in [1.82, 2.24) is 0 Å². The normalized spacial score (nSPS) is 25.4. The molecule has 2 unspecified atom stereocenters. The van der Waals surface area contributed by atoms with Crippen LogP contribution >= 0.6 is 22.6 Å². The fraction of sp³-hybridized carbons (Fsp3) is 0.500. The van der Waals surface area contributed by atoms with Crippen molar-refractivity contribution in [2.24, 2.45) is 0 Å². The Bertz CT molecular complexity index is 400. The van der Waals surface area contributed by atoms with Crippen molar-refractivity contribution >= 4 is 28.6 Å². The van der Waals surface area contributed by atoms with Crippen molar-refractivity contribution in [3.63, 3.8) is 0 Å². The van der Waals surface area contributed by atoms with E-state index in [0.717, 1.165) is 31.5 Å². The van der Waals surface area contributed by atoms with E-state index < -0.39 is 5.60 Å². The molecule has 1 aliphatic rings. The van der Waals surface area contributed by atoms with E-state index in [0.29, 0.717) is 0 Å². The van der Waals surface area contributed by atoms with Crippen molar-refractivity contribution < 1.29 is 14.8 Å². The molecule has 1 aromatic carbocycles. The summed E-state index contributed by atoms with van der Waals surface area (Å²) in [5, 5.41) is 2.24. The summed E-state index contributed by atoms with van der Waals surface area (Å²) >= 11 is 2.11. The molecule has 0 aliphatic carbocycles. The maximum atomic E-state index is 11.9. The summed E-state index contributed by atoms with van der Waals surface area (Å²) in [6.07, 6.45) is 2.00. The smallest absolute Gasteiger partial charge is 0.319 e. The lowest BCUT2D eigenvalue weighted by Crippen LogP contribution is -2.90. The number of hydrogen-bond acceptors (Lipinski definition) is 2. The first-order valence-electron chi connectivity index (χ1n) is 6.38. The lowest BCUT2D eigenvalue weighted by atomic mass is 9.86. The van der Waals surface area contributed by atoms with Crippen molar-refractivity contribution in [3.8, 4) is 0 Å². The van der Waals surface area contributed by atoms with E-state index in [1.165, 1.54) is 0 Å². The largest absolute Gasteiger partial charge is 0.447 e. The number of halogens is 1. The van der Waals surface area contributed by atoms with Gasteiger partial charge in [0, 0.05) is 18.4 Å². The molecule has 1 aromatic rings. The van der Waals surface area contributed by atoms with Gasteiger partial charge in [-0.15, -0.1) is 0 Å². The first kappa shape index (κ1) is 13.8. The van der Waals surface area contributed by atoms with E-state index in [1.807, 2.05) is 25.1 Å². The minimum absolute atomic E-state index is 0.106. The topological polar surface area (TPSA) is 42.9 Å². The predicted octanol–water partition coefficient (Wildman–Crippen LogP) is 1.61. The Morgan fingerprint density at radius 3 is 2.72 bits per heavy atom. The predicted molar refractivity (Wildman–Crippen MR) is 78.6 cm³/mol. The third-order valence-electron chi connectivity index (χ3n) is 3.38. The van der Waals surface area contributed by atoms with Crippen molar-refractivity contribution in [2.45, 2.75) is 29.3 Å². The van der Waals surface area contributed by atoms with E-state index in [2.05, 4.69) is 40.0 Å². The quantitative estimate of drug-likeness (QED) is 0.506. The Labute approximate surface area is 121 Å². The highest BCUT2D eigenvalue weighted by atomic mass is 127. The third-order valence-corrected chi connectivity index (χ3v) is 3.89. The summed E-state index contributed by atoms with van der Waals surface area (Å²) in [6, 6.07) is 10.1. The van der Waals surface area contributed by atoms with E-state index in [9.17, 15) is 4.79 Å². The Morgan fingerprint density at radius 1 is 1.44 bits per heavy atom. The summed E-state index contributed by atoms with van der Waals surface area (Å²) < 4.78 is 5.74. The second-order valence-electron chi connectivity index (χ2n) is 4.78. The Balaban J connectivity index is 2.26. The number of carbonyl (C=O) groups is 1. The van der Waals surface area contributed by atoms with Gasteiger partial charge in [-0.25, -0.2) is 0 Å². The first-order valence-corrected chi connectivity index (χ1v) is 7.63. The first-order chi connectivity index (χ1) is 8.64. The van der Waals surface area contributed by atoms with Gasteiger partial charge in [0.2, 0.25) is 0 Å². The van der Waals surface area contributed by atoms with Gasteiger partial charge in [0.25, 0.3) is 0 Å². The zero-order valence-corrected chi connectivity index (χ0v) is 12.7. The third kappa shape index (κ3) is 3.03. The molecule has 0 amide bonds. The lowest BCUT2D eigenvalue weighted by Gasteiger charge is -2.35. The van der Waals surface area contributed by atoms with Crippen LogP contribution in [-0.4, -0.2) is 23.0 Å². The molecule has 2 N–H and O–H groups in total. The molecule has 0 radical (unpaired) electrons. The summed E-state index contributed by atoms with van der Waals surface area (Å²) in [5.41, 5.74) is 0.682. The number of quaternary nitrogens is 1. The number of piperidine rings is 1. The monoisotopic (exact) mass is 360 g/mol. The Hall–Kier alpha value is -0.620. The number of hydrogen-bond donors (Lipinski definition) is 1. The lowest BCUT2D eigenvalue weighted by molar-refractivity contribution is -0.678. The summed E-state index contributed by atoms with van der Waals surface area (Å²) in [7, 11) is 0. The van der Waals surface area contributed by atoms with Crippen LogP contribution in [-0.2, 0) is 15.1 Å². The van der Waals surface area contributed by atoms with Crippen LogP contribution in [0.3, 0.4) is 0 Å². The SMILES string of the molecule is CC(I)C(=O)OC1(c2ccccc2)CCC[NH2+]C1. The highest BCUT2D eigenvalue weighted by Gasteiger charge is 2.40. The fourth-order valence-electron chi connectivity index (χ4n) is 2.40. The van der Waals surface area contributed by atoms with Gasteiger partial charge in [0.05, 0.1) is 6.54 Å². The van der Waals surface area contributed by atoms with Crippen LogP contribution in [0.15, 0.2) is 30.3 Å². The zero-order chi connectivity index (χ0) is 13.0. The van der Waals surface area contributed by atoms with E-state index in [4.69, 9.17) is 4.74 Å². The summed E-state index contributed by atoms with van der Waals surface area (Å²) in [5.74, 6) is -0.116. The van der Waals surface area contributed by atoms with Gasteiger partial charge in [-0.1, -0.05) is 52.9 Å². The van der Waals surface area contributed by atoms with Gasteiger partial charge in [0.15, 0.2) is 5.60 Å². The molecule has 3 nitrogen and oxygen atoms in total. The maximum absolute atomic E-state index is 11.9. The van der Waals surface area contributed by atoms with Crippen molar-refractivity contribution in [1.29, 1.82) is 0 Å².